The van der Waals surface area contributed by atoms with Crippen molar-refractivity contribution in [3.8, 4) is 11.1 Å². The molecule has 0 bridgehead atoms. The highest BCUT2D eigenvalue weighted by molar-refractivity contribution is 5.84. The van der Waals surface area contributed by atoms with Crippen molar-refractivity contribution in [3.63, 3.8) is 0 Å². The molecule has 3 N–H and O–H groups in total. The molecule has 2 fully saturated rings. The van der Waals surface area contributed by atoms with Gasteiger partial charge in [-0.05, 0) is 22.3 Å². The fourth-order valence-corrected chi connectivity index (χ4v) is 6.52. The SMILES string of the molecule is O=C(Nc1nc2c(ncn2C2COC3COC(c4ccccc4)O[C@@H]3C2O)c(=O)[nH]1)OCC1c2ccccc2-c2ccccc21. The van der Waals surface area contributed by atoms with E-state index in [0.29, 0.717) is 0 Å². The van der Waals surface area contributed by atoms with Gasteiger partial charge >= 0.3 is 6.09 Å². The topological polar surface area (TPSA) is 150 Å². The Morgan fingerprint density at radius 2 is 1.69 bits per heavy atom. The Bertz CT molecular complexity index is 1900. The summed E-state index contributed by atoms with van der Waals surface area (Å²) in [5, 5.41) is 14.0. The lowest BCUT2D eigenvalue weighted by Crippen LogP contribution is -2.56. The van der Waals surface area contributed by atoms with E-state index in [-0.39, 0.29) is 42.9 Å². The van der Waals surface area contributed by atoms with E-state index in [1.807, 2.05) is 66.7 Å². The number of aromatic amines is 1. The number of aliphatic hydroxyl groups excluding tert-OH is 1. The van der Waals surface area contributed by atoms with Gasteiger partial charge in [0, 0.05) is 11.5 Å². The Balaban J connectivity index is 0.997. The first-order chi connectivity index (χ1) is 22.0. The molecule has 4 heterocycles. The summed E-state index contributed by atoms with van der Waals surface area (Å²) >= 11 is 0. The lowest BCUT2D eigenvalue weighted by Gasteiger charge is -2.45. The Kier molecular flexibility index (Phi) is 6.91. The van der Waals surface area contributed by atoms with Crippen LogP contribution in [-0.2, 0) is 18.9 Å². The van der Waals surface area contributed by atoms with Crippen LogP contribution in [0.5, 0.6) is 0 Å². The Hall–Kier alpha value is -4.88. The maximum Gasteiger partial charge on any atom is 0.414 e. The zero-order valence-electron chi connectivity index (χ0n) is 23.9. The van der Waals surface area contributed by atoms with Gasteiger partial charge in [0.05, 0.1) is 25.6 Å². The molecular weight excluding hydrogens is 578 g/mol. The summed E-state index contributed by atoms with van der Waals surface area (Å²) in [4.78, 5) is 37.1. The van der Waals surface area contributed by atoms with Gasteiger partial charge in [0.2, 0.25) is 5.95 Å². The molecule has 5 aromatic rings. The zero-order chi connectivity index (χ0) is 30.5. The Morgan fingerprint density at radius 3 is 2.44 bits per heavy atom. The summed E-state index contributed by atoms with van der Waals surface area (Å²) in [6.07, 6.45) is -2.17. The lowest BCUT2D eigenvalue weighted by molar-refractivity contribution is -0.306. The van der Waals surface area contributed by atoms with Crippen LogP contribution in [0.2, 0.25) is 0 Å². The molecule has 3 aliphatic rings. The maximum atomic E-state index is 12.9. The van der Waals surface area contributed by atoms with Crippen molar-refractivity contribution in [3.05, 3.63) is 112 Å². The Morgan fingerprint density at radius 1 is 0.978 bits per heavy atom. The number of carbonyl (C=O) groups excluding carboxylic acids is 1. The summed E-state index contributed by atoms with van der Waals surface area (Å²) in [6, 6.07) is 24.9. The minimum Gasteiger partial charge on any atom is -0.448 e. The van der Waals surface area contributed by atoms with Gasteiger partial charge < -0.3 is 28.6 Å². The predicted octanol–water partition coefficient (Wildman–Crippen LogP) is 3.90. The van der Waals surface area contributed by atoms with Crippen LogP contribution in [0.15, 0.2) is 90.0 Å². The average Bonchev–Trinajstić information content (AvgIpc) is 3.64. The molecule has 12 nitrogen and oxygen atoms in total. The van der Waals surface area contributed by atoms with Crippen molar-refractivity contribution in [2.24, 2.45) is 0 Å². The third kappa shape index (κ3) is 4.88. The molecule has 2 saturated heterocycles. The van der Waals surface area contributed by atoms with Gasteiger partial charge in [0.15, 0.2) is 17.5 Å². The molecule has 0 spiro atoms. The Labute approximate surface area is 256 Å². The van der Waals surface area contributed by atoms with Crippen LogP contribution in [0.1, 0.15) is 34.9 Å². The van der Waals surface area contributed by atoms with E-state index in [0.717, 1.165) is 27.8 Å². The molecule has 0 saturated carbocycles. The smallest absolute Gasteiger partial charge is 0.414 e. The first-order valence-corrected chi connectivity index (χ1v) is 14.8. The van der Waals surface area contributed by atoms with Crippen LogP contribution in [0, 0.1) is 0 Å². The molecule has 2 aliphatic heterocycles. The molecule has 45 heavy (non-hydrogen) atoms. The molecule has 1 amide bonds. The number of hydrogen-bond acceptors (Lipinski definition) is 9. The summed E-state index contributed by atoms with van der Waals surface area (Å²) < 4.78 is 25.2. The van der Waals surface area contributed by atoms with Crippen molar-refractivity contribution >= 4 is 23.2 Å². The molecular formula is C33H29N5O7. The number of anilines is 1. The van der Waals surface area contributed by atoms with Gasteiger partial charge in [-0.15, -0.1) is 0 Å². The second-order valence-corrected chi connectivity index (χ2v) is 11.3. The second-order valence-electron chi connectivity index (χ2n) is 11.3. The number of carbonyl (C=O) groups is 1. The minimum atomic E-state index is -1.02. The molecule has 228 valence electrons. The van der Waals surface area contributed by atoms with Crippen LogP contribution >= 0.6 is 0 Å². The highest BCUT2D eigenvalue weighted by atomic mass is 16.7. The van der Waals surface area contributed by atoms with E-state index < -0.39 is 42.3 Å². The van der Waals surface area contributed by atoms with Gasteiger partial charge in [-0.2, -0.15) is 4.98 Å². The summed E-state index contributed by atoms with van der Waals surface area (Å²) in [6.45, 7) is 0.469. The van der Waals surface area contributed by atoms with Crippen molar-refractivity contribution in [2.75, 3.05) is 25.1 Å². The van der Waals surface area contributed by atoms with Crippen LogP contribution in [0.25, 0.3) is 22.3 Å². The van der Waals surface area contributed by atoms with Gasteiger partial charge in [-0.25, -0.2) is 9.78 Å². The molecule has 4 unspecified atom stereocenters. The number of ether oxygens (including phenoxy) is 4. The number of H-pyrrole nitrogens is 1. The fraction of sp³-hybridized carbons (Fsp3) is 0.273. The highest BCUT2D eigenvalue weighted by Crippen LogP contribution is 2.44. The number of rotatable bonds is 5. The van der Waals surface area contributed by atoms with Gasteiger partial charge in [-0.1, -0.05) is 78.9 Å². The van der Waals surface area contributed by atoms with Crippen molar-refractivity contribution < 1.29 is 28.8 Å². The van der Waals surface area contributed by atoms with Gasteiger partial charge in [0.1, 0.15) is 24.9 Å². The first-order valence-electron chi connectivity index (χ1n) is 14.8. The largest absolute Gasteiger partial charge is 0.448 e. The number of aliphatic hydroxyl groups is 1. The molecule has 8 rings (SSSR count). The van der Waals surface area contributed by atoms with Crippen molar-refractivity contribution in [1.29, 1.82) is 0 Å². The number of amides is 1. The van der Waals surface area contributed by atoms with E-state index >= 15 is 0 Å². The standard InChI is InChI=1S/C33H29N5O7/c39-27-24(15-42-25-16-43-31(45-28(25)27)18-8-2-1-3-9-18)38-17-34-26-29(38)35-32(36-30(26)40)37-33(41)44-14-23-21-12-6-4-10-19(21)20-11-5-7-13-22(20)23/h1-13,17,23-25,27-28,31,39H,14-16H2,(H2,35,36,37,40,41)/t24?,25?,27?,28-,31?/m0/s1. The van der Waals surface area contributed by atoms with Crippen LogP contribution < -0.4 is 10.9 Å². The minimum absolute atomic E-state index is 0.0532. The molecule has 3 aromatic carbocycles. The molecule has 12 heteroatoms. The van der Waals surface area contributed by atoms with E-state index in [1.54, 1.807) is 4.57 Å². The summed E-state index contributed by atoms with van der Waals surface area (Å²) in [5.41, 5.74) is 4.91. The number of benzene rings is 3. The quantitative estimate of drug-likeness (QED) is 0.270. The van der Waals surface area contributed by atoms with Crippen LogP contribution in [-0.4, -0.2) is 68.9 Å². The maximum absolute atomic E-state index is 12.9. The number of nitrogens with one attached hydrogen (secondary N) is 2. The van der Waals surface area contributed by atoms with E-state index in [2.05, 4.69) is 32.4 Å². The first kappa shape index (κ1) is 27.7. The summed E-state index contributed by atoms with van der Waals surface area (Å²) in [7, 11) is 0. The lowest BCUT2D eigenvalue weighted by atomic mass is 9.97. The van der Waals surface area contributed by atoms with Gasteiger partial charge in [-0.3, -0.25) is 15.1 Å². The second kappa shape index (κ2) is 11.2. The summed E-state index contributed by atoms with van der Waals surface area (Å²) in [5.74, 6) is -0.230. The molecule has 1 aliphatic carbocycles. The van der Waals surface area contributed by atoms with Crippen LogP contribution in [0.4, 0.5) is 10.7 Å². The van der Waals surface area contributed by atoms with E-state index in [1.165, 1.54) is 6.33 Å². The predicted molar refractivity (Wildman–Crippen MR) is 162 cm³/mol. The number of nitrogens with zero attached hydrogens (tertiary/aromatic N) is 3. The van der Waals surface area contributed by atoms with Crippen molar-refractivity contribution in [2.45, 2.75) is 36.6 Å². The normalized spacial score (nSPS) is 24.1. The van der Waals surface area contributed by atoms with Crippen LogP contribution in [0.3, 0.4) is 0 Å². The highest BCUT2D eigenvalue weighted by Gasteiger charge is 2.46. The zero-order valence-corrected chi connectivity index (χ0v) is 23.9. The number of hydrogen-bond donors (Lipinski definition) is 3. The molecule has 5 atom stereocenters. The third-order valence-electron chi connectivity index (χ3n) is 8.70. The van der Waals surface area contributed by atoms with E-state index in [4.69, 9.17) is 18.9 Å². The monoisotopic (exact) mass is 607 g/mol. The van der Waals surface area contributed by atoms with Gasteiger partial charge in [0.25, 0.3) is 5.56 Å². The fourth-order valence-electron chi connectivity index (χ4n) is 6.52. The number of aromatic nitrogens is 4. The molecule has 0 radical (unpaired) electrons. The van der Waals surface area contributed by atoms with Crippen molar-refractivity contribution in [1.82, 2.24) is 19.5 Å². The molecule has 2 aromatic heterocycles. The number of fused-ring (bicyclic) bond motifs is 5. The average molecular weight is 608 g/mol. The van der Waals surface area contributed by atoms with E-state index in [9.17, 15) is 14.7 Å². The number of imidazole rings is 1. The third-order valence-corrected chi connectivity index (χ3v) is 8.70.